The molecule has 4 aromatic carbocycles. The summed E-state index contributed by atoms with van der Waals surface area (Å²) in [7, 11) is 1.43. The van der Waals surface area contributed by atoms with Gasteiger partial charge in [-0.15, -0.1) is 0 Å². The number of fused-ring (bicyclic) bond motifs is 1. The lowest BCUT2D eigenvalue weighted by atomic mass is 9.83. The van der Waals surface area contributed by atoms with E-state index in [2.05, 4.69) is 6.07 Å². The zero-order valence-electron chi connectivity index (χ0n) is 21.2. The maximum atomic E-state index is 12.8. The van der Waals surface area contributed by atoms with Crippen LogP contribution in [0.2, 0.25) is 10.0 Å². The first kappa shape index (κ1) is 26.9. The number of halogens is 2. The van der Waals surface area contributed by atoms with Crippen LogP contribution in [0.1, 0.15) is 33.0 Å². The van der Waals surface area contributed by atoms with Crippen molar-refractivity contribution < 1.29 is 23.7 Å². The van der Waals surface area contributed by atoms with Crippen molar-refractivity contribution in [1.29, 1.82) is 5.26 Å². The number of nitriles is 1. The van der Waals surface area contributed by atoms with Crippen molar-refractivity contribution in [3.05, 3.63) is 129 Å². The molecule has 5 rings (SSSR count). The molecule has 1 atom stereocenters. The summed E-state index contributed by atoms with van der Waals surface area (Å²) < 4.78 is 22.5. The SMILES string of the molecule is COc1c(Cl)cc(C(=O)Oc2ccc3c(c2)OC(N)=C(C#N)C3c2cccc(OCc3ccccc3)c2)cc1Cl. The normalized spacial score (nSPS) is 14.0. The van der Waals surface area contributed by atoms with E-state index >= 15 is 0 Å². The van der Waals surface area contributed by atoms with Crippen LogP contribution in [0.4, 0.5) is 0 Å². The van der Waals surface area contributed by atoms with Crippen molar-refractivity contribution in [3.8, 4) is 29.1 Å². The Morgan fingerprint density at radius 1 is 0.975 bits per heavy atom. The molecule has 1 aliphatic rings. The average molecular weight is 573 g/mol. The maximum Gasteiger partial charge on any atom is 0.343 e. The Labute approximate surface area is 240 Å². The fourth-order valence-electron chi connectivity index (χ4n) is 4.41. The smallest absolute Gasteiger partial charge is 0.343 e. The van der Waals surface area contributed by atoms with Crippen LogP contribution in [0, 0.1) is 11.3 Å². The van der Waals surface area contributed by atoms with Crippen LogP contribution in [0.15, 0.2) is 96.4 Å². The molecule has 40 heavy (non-hydrogen) atoms. The Hall–Kier alpha value is -4.64. The number of allylic oxidation sites excluding steroid dienone is 1. The van der Waals surface area contributed by atoms with Crippen LogP contribution in [0.25, 0.3) is 0 Å². The van der Waals surface area contributed by atoms with Crippen molar-refractivity contribution in [3.63, 3.8) is 0 Å². The predicted octanol–water partition coefficient (Wildman–Crippen LogP) is 7.02. The summed E-state index contributed by atoms with van der Waals surface area (Å²) in [6.07, 6.45) is 0. The first-order valence-electron chi connectivity index (χ1n) is 12.1. The van der Waals surface area contributed by atoms with E-state index in [-0.39, 0.29) is 38.6 Å². The number of hydrogen-bond donors (Lipinski definition) is 1. The van der Waals surface area contributed by atoms with E-state index in [0.29, 0.717) is 23.7 Å². The van der Waals surface area contributed by atoms with Gasteiger partial charge in [0, 0.05) is 11.6 Å². The number of esters is 1. The molecule has 0 fully saturated rings. The summed E-state index contributed by atoms with van der Waals surface area (Å²) >= 11 is 12.3. The van der Waals surface area contributed by atoms with Crippen LogP contribution in [0.3, 0.4) is 0 Å². The molecule has 0 saturated heterocycles. The number of nitrogens with zero attached hydrogens (tertiary/aromatic N) is 1. The van der Waals surface area contributed by atoms with Gasteiger partial charge in [0.1, 0.15) is 35.5 Å². The highest BCUT2D eigenvalue weighted by Gasteiger charge is 2.31. The summed E-state index contributed by atoms with van der Waals surface area (Å²) in [6, 6.07) is 27.2. The monoisotopic (exact) mass is 572 g/mol. The lowest BCUT2D eigenvalue weighted by molar-refractivity contribution is 0.0734. The Kier molecular flexibility index (Phi) is 7.83. The van der Waals surface area contributed by atoms with E-state index in [1.165, 1.54) is 19.2 Å². The van der Waals surface area contributed by atoms with Gasteiger partial charge in [0.05, 0.1) is 28.6 Å². The number of carbonyl (C=O) groups is 1. The maximum absolute atomic E-state index is 12.8. The van der Waals surface area contributed by atoms with E-state index in [9.17, 15) is 10.1 Å². The molecule has 0 radical (unpaired) electrons. The Morgan fingerprint density at radius 3 is 2.42 bits per heavy atom. The number of hydrogen-bond acceptors (Lipinski definition) is 7. The van der Waals surface area contributed by atoms with Gasteiger partial charge >= 0.3 is 5.97 Å². The molecule has 7 nitrogen and oxygen atoms in total. The summed E-state index contributed by atoms with van der Waals surface area (Å²) in [5, 5.41) is 10.3. The molecule has 0 spiro atoms. The second kappa shape index (κ2) is 11.6. The molecule has 0 aliphatic carbocycles. The first-order valence-corrected chi connectivity index (χ1v) is 12.9. The number of methoxy groups -OCH3 is 1. The summed E-state index contributed by atoms with van der Waals surface area (Å²) in [5.74, 6) is 0.242. The zero-order valence-corrected chi connectivity index (χ0v) is 22.7. The third-order valence-corrected chi connectivity index (χ3v) is 6.84. The lowest BCUT2D eigenvalue weighted by Crippen LogP contribution is -2.21. The minimum atomic E-state index is -0.678. The second-order valence-electron chi connectivity index (χ2n) is 8.83. The summed E-state index contributed by atoms with van der Waals surface area (Å²) in [5.41, 5.74) is 9.08. The summed E-state index contributed by atoms with van der Waals surface area (Å²) in [6.45, 7) is 0.400. The van der Waals surface area contributed by atoms with Gasteiger partial charge in [-0.2, -0.15) is 5.26 Å². The topological polar surface area (TPSA) is 104 Å². The van der Waals surface area contributed by atoms with Crippen LogP contribution < -0.4 is 24.7 Å². The standard InChI is InChI=1S/C31H22Cl2N2O5/c1-37-29-25(32)13-20(14-26(29)33)31(36)39-22-10-11-23-27(15-22)40-30(35)24(16-34)28(23)19-8-5-9-21(12-19)38-17-18-6-3-2-4-7-18/h2-15,28H,17,35H2,1H3. The van der Waals surface area contributed by atoms with Crippen LogP contribution >= 0.6 is 23.2 Å². The lowest BCUT2D eigenvalue weighted by Gasteiger charge is -2.27. The third-order valence-electron chi connectivity index (χ3n) is 6.28. The number of rotatable bonds is 7. The van der Waals surface area contributed by atoms with Crippen molar-refractivity contribution in [2.45, 2.75) is 12.5 Å². The number of nitrogens with two attached hydrogens (primary N) is 1. The van der Waals surface area contributed by atoms with Gasteiger partial charge in [0.2, 0.25) is 5.88 Å². The number of ether oxygens (including phenoxy) is 4. The minimum Gasteiger partial charge on any atom is -0.494 e. The fraction of sp³-hybridized carbons (Fsp3) is 0.0968. The molecule has 0 aromatic heterocycles. The van der Waals surface area contributed by atoms with E-state index in [1.807, 2.05) is 54.6 Å². The highest BCUT2D eigenvalue weighted by molar-refractivity contribution is 6.37. The van der Waals surface area contributed by atoms with Gasteiger partial charge in [-0.1, -0.05) is 71.7 Å². The van der Waals surface area contributed by atoms with Gasteiger partial charge < -0.3 is 24.7 Å². The van der Waals surface area contributed by atoms with Gasteiger partial charge in [0.25, 0.3) is 0 Å². The Bertz CT molecular complexity index is 1640. The zero-order chi connectivity index (χ0) is 28.2. The quantitative estimate of drug-likeness (QED) is 0.187. The van der Waals surface area contributed by atoms with Crippen LogP contribution in [0.5, 0.6) is 23.0 Å². The van der Waals surface area contributed by atoms with Gasteiger partial charge in [-0.3, -0.25) is 0 Å². The molecule has 1 unspecified atom stereocenters. The van der Waals surface area contributed by atoms with Crippen LogP contribution in [-0.2, 0) is 6.61 Å². The molecule has 0 amide bonds. The first-order chi connectivity index (χ1) is 19.4. The molecule has 200 valence electrons. The highest BCUT2D eigenvalue weighted by atomic mass is 35.5. The molecule has 1 heterocycles. The van der Waals surface area contributed by atoms with E-state index in [0.717, 1.165) is 11.1 Å². The number of carbonyl (C=O) groups excluding carboxylic acids is 1. The Balaban J connectivity index is 1.42. The van der Waals surface area contributed by atoms with Crippen molar-refractivity contribution >= 4 is 29.2 Å². The van der Waals surface area contributed by atoms with Crippen LogP contribution in [-0.4, -0.2) is 13.1 Å². The number of benzene rings is 4. The van der Waals surface area contributed by atoms with E-state index in [4.69, 9.17) is 47.9 Å². The molecular formula is C31H22Cl2N2O5. The highest BCUT2D eigenvalue weighted by Crippen LogP contribution is 2.44. The van der Waals surface area contributed by atoms with Crippen molar-refractivity contribution in [2.24, 2.45) is 5.73 Å². The van der Waals surface area contributed by atoms with Gasteiger partial charge in [0.15, 0.2) is 5.75 Å². The van der Waals surface area contributed by atoms with Crippen molar-refractivity contribution in [2.75, 3.05) is 7.11 Å². The van der Waals surface area contributed by atoms with E-state index in [1.54, 1.807) is 18.2 Å². The van der Waals surface area contributed by atoms with Gasteiger partial charge in [-0.25, -0.2) is 4.79 Å². The van der Waals surface area contributed by atoms with E-state index < -0.39 is 11.9 Å². The Morgan fingerprint density at radius 2 is 1.73 bits per heavy atom. The average Bonchev–Trinajstić information content (AvgIpc) is 2.95. The predicted molar refractivity (Wildman–Crippen MR) is 151 cm³/mol. The molecule has 0 bridgehead atoms. The largest absolute Gasteiger partial charge is 0.494 e. The molecule has 9 heteroatoms. The molecule has 1 aliphatic heterocycles. The fourth-order valence-corrected chi connectivity index (χ4v) is 5.05. The second-order valence-corrected chi connectivity index (χ2v) is 9.65. The van der Waals surface area contributed by atoms with Crippen molar-refractivity contribution in [1.82, 2.24) is 0 Å². The third kappa shape index (κ3) is 5.55. The van der Waals surface area contributed by atoms with Gasteiger partial charge in [-0.05, 0) is 41.5 Å². The molecule has 0 saturated carbocycles. The molecular weight excluding hydrogens is 551 g/mol. The minimum absolute atomic E-state index is 0.0344. The summed E-state index contributed by atoms with van der Waals surface area (Å²) in [4.78, 5) is 12.8. The molecule has 4 aromatic rings. The molecule has 2 N–H and O–H groups in total.